The van der Waals surface area contributed by atoms with Gasteiger partial charge < -0.3 is 9.47 Å². The molecule has 12 heteroatoms. The highest BCUT2D eigenvalue weighted by atomic mass is 32.2. The van der Waals surface area contributed by atoms with E-state index in [1.54, 1.807) is 18.2 Å². The molecule has 0 aromatic heterocycles. The first kappa shape index (κ1) is 22.4. The van der Waals surface area contributed by atoms with Gasteiger partial charge in [-0.05, 0) is 30.3 Å². The molecule has 0 aliphatic carbocycles. The van der Waals surface area contributed by atoms with E-state index in [2.05, 4.69) is 10.5 Å². The Bertz CT molecular complexity index is 1100. The number of halogens is 3. The molecule has 1 aliphatic heterocycles. The number of sulfonamides is 1. The Labute approximate surface area is 176 Å². The summed E-state index contributed by atoms with van der Waals surface area (Å²) >= 11 is 0. The average molecular weight is 457 g/mol. The number of nitrogens with zero attached hydrogens (tertiary/aromatic N) is 2. The van der Waals surface area contributed by atoms with Crippen molar-refractivity contribution >= 4 is 27.8 Å². The van der Waals surface area contributed by atoms with Gasteiger partial charge in [-0.2, -0.15) is 18.3 Å². The maximum absolute atomic E-state index is 13.0. The Morgan fingerprint density at radius 1 is 1.19 bits per heavy atom. The summed E-state index contributed by atoms with van der Waals surface area (Å²) in [5.74, 6) is 0.129. The fourth-order valence-electron chi connectivity index (χ4n) is 2.77. The third-order valence-electron chi connectivity index (χ3n) is 4.14. The predicted octanol–water partition coefficient (Wildman–Crippen LogP) is 2.39. The topological polar surface area (TPSA) is 97.3 Å². The minimum atomic E-state index is -4.66. The molecule has 1 N–H and O–H groups in total. The number of hydrazone groups is 1. The van der Waals surface area contributed by atoms with Gasteiger partial charge in [-0.25, -0.2) is 13.8 Å². The quantitative estimate of drug-likeness (QED) is 0.531. The maximum atomic E-state index is 13.0. The van der Waals surface area contributed by atoms with Gasteiger partial charge in [0.1, 0.15) is 19.8 Å². The maximum Gasteiger partial charge on any atom is 0.416 e. The molecule has 1 amide bonds. The second-order valence-electron chi connectivity index (χ2n) is 6.48. The lowest BCUT2D eigenvalue weighted by molar-refractivity contribution is -0.137. The Balaban J connectivity index is 1.74. The summed E-state index contributed by atoms with van der Waals surface area (Å²) in [5, 5.41) is 3.77. The lowest BCUT2D eigenvalue weighted by Gasteiger charge is -2.22. The number of hydrogen-bond donors (Lipinski definition) is 1. The van der Waals surface area contributed by atoms with Gasteiger partial charge in [-0.15, -0.1) is 0 Å². The molecule has 0 fully saturated rings. The number of amides is 1. The molecule has 3 rings (SSSR count). The molecular weight excluding hydrogens is 439 g/mol. The second kappa shape index (κ2) is 8.84. The molecule has 1 heterocycles. The molecule has 8 nitrogen and oxygen atoms in total. The van der Waals surface area contributed by atoms with E-state index in [9.17, 15) is 26.4 Å². The monoisotopic (exact) mass is 457 g/mol. The molecule has 0 radical (unpaired) electrons. The van der Waals surface area contributed by atoms with Crippen LogP contribution in [0.15, 0.2) is 47.6 Å². The summed E-state index contributed by atoms with van der Waals surface area (Å²) in [6.07, 6.45) is -2.58. The summed E-state index contributed by atoms with van der Waals surface area (Å²) in [7, 11) is -4.05. The number of carbonyl (C=O) groups excluding carboxylic acids is 1. The van der Waals surface area contributed by atoms with Crippen LogP contribution >= 0.6 is 0 Å². The normalized spacial score (nSPS) is 13.8. The molecule has 1 aliphatic rings. The number of hydrogen-bond acceptors (Lipinski definition) is 6. The first-order valence-corrected chi connectivity index (χ1v) is 10.8. The highest BCUT2D eigenvalue weighted by Gasteiger charge is 2.32. The zero-order valence-corrected chi connectivity index (χ0v) is 17.0. The molecule has 166 valence electrons. The number of rotatable bonds is 6. The Morgan fingerprint density at radius 3 is 2.61 bits per heavy atom. The van der Waals surface area contributed by atoms with Gasteiger partial charge in [0.05, 0.1) is 23.7 Å². The number of benzene rings is 2. The van der Waals surface area contributed by atoms with Crippen molar-refractivity contribution in [3.8, 4) is 11.5 Å². The van der Waals surface area contributed by atoms with Gasteiger partial charge in [-0.1, -0.05) is 12.1 Å². The zero-order valence-electron chi connectivity index (χ0n) is 16.2. The molecule has 0 unspecified atom stereocenters. The average Bonchev–Trinajstić information content (AvgIpc) is 2.71. The number of alkyl halides is 3. The van der Waals surface area contributed by atoms with Crippen LogP contribution in [-0.4, -0.2) is 46.6 Å². The van der Waals surface area contributed by atoms with Gasteiger partial charge in [-0.3, -0.25) is 9.10 Å². The predicted molar refractivity (Wildman–Crippen MR) is 107 cm³/mol. The van der Waals surface area contributed by atoms with Crippen LogP contribution in [0, 0.1) is 0 Å². The standard InChI is InChI=1S/C19H18F3N3O5S/c1-31(27,28)25(15-6-3-5-14(10-15)19(20,21)22)12-17(26)24-23-11-13-4-2-7-16-18(13)30-9-8-29-16/h2-7,10-11H,8-9,12H2,1H3,(H,24,26)/b23-11-. The number of carbonyl (C=O) groups is 1. The molecule has 31 heavy (non-hydrogen) atoms. The molecule has 2 aromatic carbocycles. The van der Waals surface area contributed by atoms with Crippen molar-refractivity contribution in [2.75, 3.05) is 30.3 Å². The van der Waals surface area contributed by atoms with Crippen LogP contribution in [0.5, 0.6) is 11.5 Å². The highest BCUT2D eigenvalue weighted by molar-refractivity contribution is 7.92. The minimum Gasteiger partial charge on any atom is -0.486 e. The second-order valence-corrected chi connectivity index (χ2v) is 8.39. The van der Waals surface area contributed by atoms with Crippen LogP contribution in [0.3, 0.4) is 0 Å². The van der Waals surface area contributed by atoms with Gasteiger partial charge in [0, 0.05) is 5.56 Å². The van der Waals surface area contributed by atoms with Crippen LogP contribution in [-0.2, 0) is 21.0 Å². The number of anilines is 1. The third kappa shape index (κ3) is 5.66. The van der Waals surface area contributed by atoms with Crippen molar-refractivity contribution in [3.63, 3.8) is 0 Å². The Morgan fingerprint density at radius 2 is 1.90 bits per heavy atom. The van der Waals surface area contributed by atoms with Gasteiger partial charge >= 0.3 is 6.18 Å². The first-order chi connectivity index (χ1) is 14.6. The molecule has 0 atom stereocenters. The van der Waals surface area contributed by atoms with Gasteiger partial charge in [0.15, 0.2) is 11.5 Å². The molecule has 0 spiro atoms. The zero-order chi connectivity index (χ0) is 22.6. The van der Waals surface area contributed by atoms with E-state index in [1.165, 1.54) is 12.3 Å². The van der Waals surface area contributed by atoms with Gasteiger partial charge in [0.2, 0.25) is 10.0 Å². The first-order valence-electron chi connectivity index (χ1n) is 8.91. The van der Waals surface area contributed by atoms with Crippen molar-refractivity contribution in [2.24, 2.45) is 5.10 Å². The summed E-state index contributed by atoms with van der Waals surface area (Å²) in [6, 6.07) is 8.78. The minimum absolute atomic E-state index is 0.292. The van der Waals surface area contributed by atoms with Crippen molar-refractivity contribution < 1.29 is 35.9 Å². The van der Waals surface area contributed by atoms with E-state index in [1.807, 2.05) is 0 Å². The van der Waals surface area contributed by atoms with Crippen molar-refractivity contribution in [1.82, 2.24) is 5.43 Å². The van der Waals surface area contributed by atoms with Crippen LogP contribution in [0.2, 0.25) is 0 Å². The number of ether oxygens (including phenoxy) is 2. The number of fused-ring (bicyclic) bond motifs is 1. The summed E-state index contributed by atoms with van der Waals surface area (Å²) in [5.41, 5.74) is 1.36. The van der Waals surface area contributed by atoms with E-state index in [-0.39, 0.29) is 5.69 Å². The number of para-hydroxylation sites is 1. The SMILES string of the molecule is CS(=O)(=O)N(CC(=O)N/N=C\c1cccc2c1OCCO2)c1cccc(C(F)(F)F)c1. The molecular formula is C19H18F3N3O5S. The van der Waals surface area contributed by atoms with E-state index in [0.717, 1.165) is 18.4 Å². The summed E-state index contributed by atoms with van der Waals surface area (Å²) in [4.78, 5) is 12.2. The van der Waals surface area contributed by atoms with Crippen LogP contribution in [0.1, 0.15) is 11.1 Å². The van der Waals surface area contributed by atoms with Crippen LogP contribution < -0.4 is 19.2 Å². The van der Waals surface area contributed by atoms with Crippen LogP contribution in [0.25, 0.3) is 0 Å². The lowest BCUT2D eigenvalue weighted by atomic mass is 10.2. The highest BCUT2D eigenvalue weighted by Crippen LogP contribution is 2.33. The van der Waals surface area contributed by atoms with Crippen molar-refractivity contribution in [3.05, 3.63) is 53.6 Å². The summed E-state index contributed by atoms with van der Waals surface area (Å²) < 4.78 is 74.5. The van der Waals surface area contributed by atoms with E-state index in [4.69, 9.17) is 9.47 Å². The third-order valence-corrected chi connectivity index (χ3v) is 5.28. The molecule has 0 bridgehead atoms. The lowest BCUT2D eigenvalue weighted by Crippen LogP contribution is -2.39. The van der Waals surface area contributed by atoms with Crippen molar-refractivity contribution in [2.45, 2.75) is 6.18 Å². The van der Waals surface area contributed by atoms with E-state index >= 15 is 0 Å². The Kier molecular flexibility index (Phi) is 6.39. The van der Waals surface area contributed by atoms with E-state index < -0.39 is 34.2 Å². The fraction of sp³-hybridized carbons (Fsp3) is 0.263. The number of nitrogens with one attached hydrogen (secondary N) is 1. The van der Waals surface area contributed by atoms with E-state index in [0.29, 0.717) is 40.6 Å². The molecule has 2 aromatic rings. The molecule has 0 saturated carbocycles. The fourth-order valence-corrected chi connectivity index (χ4v) is 3.62. The van der Waals surface area contributed by atoms with Gasteiger partial charge in [0.25, 0.3) is 5.91 Å². The molecule has 0 saturated heterocycles. The summed E-state index contributed by atoms with van der Waals surface area (Å²) in [6.45, 7) is -0.00426. The largest absolute Gasteiger partial charge is 0.486 e. The van der Waals surface area contributed by atoms with Crippen molar-refractivity contribution in [1.29, 1.82) is 0 Å². The smallest absolute Gasteiger partial charge is 0.416 e. The van der Waals surface area contributed by atoms with Crippen LogP contribution in [0.4, 0.5) is 18.9 Å². The Hall–Kier alpha value is -3.28.